The molecule has 1 aliphatic heterocycles. The summed E-state index contributed by atoms with van der Waals surface area (Å²) >= 11 is 0. The molecule has 0 radical (unpaired) electrons. The number of carbonyl (C=O) groups is 1. The molecule has 2 aromatic heterocycles. The maximum Gasteiger partial charge on any atom is 0.251 e. The van der Waals surface area contributed by atoms with Crippen LogP contribution in [0.3, 0.4) is 0 Å². The molecule has 3 heterocycles. The fourth-order valence-corrected chi connectivity index (χ4v) is 4.64. The average molecular weight is 510 g/mol. The van der Waals surface area contributed by atoms with E-state index in [1.54, 1.807) is 6.20 Å². The SMILES string of the molecule is Cc1ccc(C(=O)NCc2cccc(C(C)(C)C)c2)cc1Nc1ncnc2cnc(N3CCCCC3)nc12. The van der Waals surface area contributed by atoms with Gasteiger partial charge in [-0.3, -0.25) is 4.79 Å². The second kappa shape index (κ2) is 10.7. The summed E-state index contributed by atoms with van der Waals surface area (Å²) in [5.41, 5.74) is 6.09. The van der Waals surface area contributed by atoms with Crippen LogP contribution in [0.5, 0.6) is 0 Å². The number of rotatable bonds is 6. The molecule has 1 amide bonds. The number of carbonyl (C=O) groups excluding carboxylic acids is 1. The van der Waals surface area contributed by atoms with Gasteiger partial charge in [0, 0.05) is 30.9 Å². The molecule has 8 nitrogen and oxygen atoms in total. The number of anilines is 3. The van der Waals surface area contributed by atoms with Crippen LogP contribution in [0.25, 0.3) is 11.0 Å². The molecule has 4 aromatic rings. The van der Waals surface area contributed by atoms with E-state index in [1.165, 1.54) is 18.3 Å². The average Bonchev–Trinajstić information content (AvgIpc) is 2.93. The summed E-state index contributed by atoms with van der Waals surface area (Å²) in [6.45, 7) is 10.9. The van der Waals surface area contributed by atoms with E-state index in [4.69, 9.17) is 4.98 Å². The molecule has 38 heavy (non-hydrogen) atoms. The highest BCUT2D eigenvalue weighted by molar-refractivity contribution is 5.96. The predicted octanol–water partition coefficient (Wildman–Crippen LogP) is 5.69. The minimum Gasteiger partial charge on any atom is -0.348 e. The van der Waals surface area contributed by atoms with Gasteiger partial charge < -0.3 is 15.5 Å². The Morgan fingerprint density at radius 1 is 1.00 bits per heavy atom. The summed E-state index contributed by atoms with van der Waals surface area (Å²) < 4.78 is 0. The maximum atomic E-state index is 13.1. The Balaban J connectivity index is 1.35. The molecule has 5 rings (SSSR count). The first-order valence-corrected chi connectivity index (χ1v) is 13.3. The second-order valence-electron chi connectivity index (χ2n) is 11.0. The van der Waals surface area contributed by atoms with Crippen LogP contribution in [0.15, 0.2) is 55.0 Å². The van der Waals surface area contributed by atoms with E-state index in [0.717, 1.165) is 42.7 Å². The summed E-state index contributed by atoms with van der Waals surface area (Å²) in [4.78, 5) is 33.5. The normalized spacial score (nSPS) is 13.9. The molecule has 0 unspecified atom stereocenters. The molecule has 2 N–H and O–H groups in total. The van der Waals surface area contributed by atoms with E-state index in [-0.39, 0.29) is 11.3 Å². The van der Waals surface area contributed by atoms with Crippen molar-refractivity contribution in [2.24, 2.45) is 0 Å². The number of aromatic nitrogens is 4. The summed E-state index contributed by atoms with van der Waals surface area (Å²) in [5.74, 6) is 1.17. The fraction of sp³-hybridized carbons (Fsp3) is 0.367. The van der Waals surface area contributed by atoms with Crippen LogP contribution >= 0.6 is 0 Å². The lowest BCUT2D eigenvalue weighted by Crippen LogP contribution is -2.31. The third-order valence-electron chi connectivity index (χ3n) is 7.00. The lowest BCUT2D eigenvalue weighted by molar-refractivity contribution is 0.0951. The lowest BCUT2D eigenvalue weighted by Gasteiger charge is -2.26. The highest BCUT2D eigenvalue weighted by Crippen LogP contribution is 2.27. The van der Waals surface area contributed by atoms with Crippen molar-refractivity contribution in [3.63, 3.8) is 0 Å². The molecule has 1 aliphatic rings. The Morgan fingerprint density at radius 2 is 1.82 bits per heavy atom. The Bertz CT molecular complexity index is 1450. The summed E-state index contributed by atoms with van der Waals surface area (Å²) in [6, 6.07) is 14.0. The van der Waals surface area contributed by atoms with Gasteiger partial charge in [-0.25, -0.2) is 19.9 Å². The van der Waals surface area contributed by atoms with E-state index in [1.807, 2.05) is 37.3 Å². The molecule has 0 atom stereocenters. The number of nitrogens with zero attached hydrogens (tertiary/aromatic N) is 5. The molecular formula is C30H35N7O. The molecule has 8 heteroatoms. The number of benzene rings is 2. The minimum absolute atomic E-state index is 0.0577. The zero-order valence-electron chi connectivity index (χ0n) is 22.6. The van der Waals surface area contributed by atoms with Crippen molar-refractivity contribution in [1.82, 2.24) is 25.3 Å². The van der Waals surface area contributed by atoms with Gasteiger partial charge >= 0.3 is 0 Å². The first-order valence-electron chi connectivity index (χ1n) is 13.3. The van der Waals surface area contributed by atoms with Crippen LogP contribution in [0.2, 0.25) is 0 Å². The van der Waals surface area contributed by atoms with Gasteiger partial charge in [0.05, 0.1) is 6.20 Å². The molecule has 2 aromatic carbocycles. The van der Waals surface area contributed by atoms with Gasteiger partial charge in [-0.15, -0.1) is 0 Å². The van der Waals surface area contributed by atoms with Gasteiger partial charge in [-0.05, 0) is 60.4 Å². The van der Waals surface area contributed by atoms with Crippen molar-refractivity contribution in [3.8, 4) is 0 Å². The summed E-state index contributed by atoms with van der Waals surface area (Å²) in [7, 11) is 0. The van der Waals surface area contributed by atoms with Crippen LogP contribution in [-0.2, 0) is 12.0 Å². The Hall–Kier alpha value is -4.07. The van der Waals surface area contributed by atoms with E-state index < -0.39 is 0 Å². The third kappa shape index (κ3) is 5.74. The van der Waals surface area contributed by atoms with Crippen molar-refractivity contribution < 1.29 is 4.79 Å². The Labute approximate surface area is 224 Å². The highest BCUT2D eigenvalue weighted by Gasteiger charge is 2.17. The third-order valence-corrected chi connectivity index (χ3v) is 7.00. The van der Waals surface area contributed by atoms with Crippen molar-refractivity contribution in [2.45, 2.75) is 58.9 Å². The number of fused-ring (bicyclic) bond motifs is 1. The summed E-state index contributed by atoms with van der Waals surface area (Å²) in [6.07, 6.45) is 6.80. The minimum atomic E-state index is -0.128. The molecule has 1 saturated heterocycles. The Kier molecular flexibility index (Phi) is 7.22. The standard InChI is InChI=1S/C30H35N7O/c1-20-11-12-22(28(38)31-17-21-9-8-10-23(15-21)30(2,3)4)16-24(20)35-27-26-25(33-19-34-27)18-32-29(36-26)37-13-6-5-7-14-37/h8-12,15-16,18-19H,5-7,13-14,17H2,1-4H3,(H,31,38)(H,33,34,35). The molecule has 0 bridgehead atoms. The number of amides is 1. The maximum absolute atomic E-state index is 13.1. The van der Waals surface area contributed by atoms with Gasteiger partial charge in [0.25, 0.3) is 5.91 Å². The monoisotopic (exact) mass is 509 g/mol. The van der Waals surface area contributed by atoms with Crippen molar-refractivity contribution >= 4 is 34.4 Å². The van der Waals surface area contributed by atoms with E-state index in [0.29, 0.717) is 34.9 Å². The molecule has 1 fully saturated rings. The predicted molar refractivity (Wildman–Crippen MR) is 152 cm³/mol. The van der Waals surface area contributed by atoms with Crippen LogP contribution in [0.4, 0.5) is 17.5 Å². The molecule has 0 aliphatic carbocycles. The van der Waals surface area contributed by atoms with Crippen LogP contribution in [-0.4, -0.2) is 38.9 Å². The zero-order chi connectivity index (χ0) is 26.7. The lowest BCUT2D eigenvalue weighted by atomic mass is 9.86. The largest absolute Gasteiger partial charge is 0.348 e. The van der Waals surface area contributed by atoms with Crippen molar-refractivity contribution in [2.75, 3.05) is 23.3 Å². The number of aryl methyl sites for hydroxylation is 1. The van der Waals surface area contributed by atoms with E-state index in [9.17, 15) is 4.79 Å². The van der Waals surface area contributed by atoms with Gasteiger partial charge in [0.2, 0.25) is 5.95 Å². The van der Waals surface area contributed by atoms with Crippen LogP contribution in [0.1, 0.15) is 67.1 Å². The molecule has 0 spiro atoms. The number of nitrogens with one attached hydrogen (secondary N) is 2. The number of piperidine rings is 1. The van der Waals surface area contributed by atoms with Crippen molar-refractivity contribution in [1.29, 1.82) is 0 Å². The quantitative estimate of drug-likeness (QED) is 0.345. The first kappa shape index (κ1) is 25.6. The topological polar surface area (TPSA) is 95.9 Å². The van der Waals surface area contributed by atoms with E-state index >= 15 is 0 Å². The number of hydrogen-bond acceptors (Lipinski definition) is 7. The summed E-state index contributed by atoms with van der Waals surface area (Å²) in [5, 5.41) is 6.46. The smallest absolute Gasteiger partial charge is 0.251 e. The number of hydrogen-bond donors (Lipinski definition) is 2. The fourth-order valence-electron chi connectivity index (χ4n) is 4.64. The second-order valence-corrected chi connectivity index (χ2v) is 11.0. The van der Waals surface area contributed by atoms with Gasteiger partial charge in [0.1, 0.15) is 17.4 Å². The zero-order valence-corrected chi connectivity index (χ0v) is 22.6. The van der Waals surface area contributed by atoms with Crippen molar-refractivity contribution in [3.05, 3.63) is 77.2 Å². The molecular weight excluding hydrogens is 474 g/mol. The van der Waals surface area contributed by atoms with Gasteiger partial charge in [-0.2, -0.15) is 0 Å². The van der Waals surface area contributed by atoms with Crippen LogP contribution < -0.4 is 15.5 Å². The Morgan fingerprint density at radius 3 is 2.61 bits per heavy atom. The van der Waals surface area contributed by atoms with E-state index in [2.05, 4.69) is 63.4 Å². The first-order chi connectivity index (χ1) is 18.3. The molecule has 196 valence electrons. The molecule has 0 saturated carbocycles. The van der Waals surface area contributed by atoms with Gasteiger partial charge in [0.15, 0.2) is 5.82 Å². The highest BCUT2D eigenvalue weighted by atomic mass is 16.1. The van der Waals surface area contributed by atoms with Crippen LogP contribution in [0, 0.1) is 6.92 Å². The van der Waals surface area contributed by atoms with Gasteiger partial charge in [-0.1, -0.05) is 51.1 Å².